The molecule has 10 atom stereocenters. The molecule has 10 unspecified atom stereocenters. The fourth-order valence-electron chi connectivity index (χ4n) is 6.27. The molecule has 0 bridgehead atoms. The lowest BCUT2D eigenvalue weighted by Crippen LogP contribution is -2.51. The van der Waals surface area contributed by atoms with E-state index in [1.54, 1.807) is 17.9 Å². The van der Waals surface area contributed by atoms with Gasteiger partial charge in [0, 0.05) is 44.6 Å². The standard InChI is InChI=1S/C35H58N2O9/c1-7-28(40)26(5)33-29(44-33)21-23(2)9-8-10-24(3)32-25(4)11-12-30(35(6,43)14-13-27(39)22-31(41)46-32)45-34(42)37-17-15-36(16-18-37)19-20-38/h8-12,23,25-30,32-33,38-40,43H,7,13-22H2,1-6H3. The van der Waals surface area contributed by atoms with Crippen molar-refractivity contribution in [1.82, 2.24) is 9.80 Å². The lowest BCUT2D eigenvalue weighted by molar-refractivity contribution is -0.151. The van der Waals surface area contributed by atoms with Crippen molar-refractivity contribution in [3.05, 3.63) is 36.0 Å². The van der Waals surface area contributed by atoms with Crippen LogP contribution in [0.1, 0.15) is 73.6 Å². The minimum atomic E-state index is -1.48. The molecule has 2 saturated heterocycles. The Hall–Kier alpha value is -2.28. The molecule has 0 aromatic heterocycles. The topological polar surface area (TPSA) is 153 Å². The number of nitrogens with zero attached hydrogens (tertiary/aromatic N) is 2. The van der Waals surface area contributed by atoms with Crippen molar-refractivity contribution < 1.29 is 44.2 Å². The number of ether oxygens (including phenoxy) is 3. The summed E-state index contributed by atoms with van der Waals surface area (Å²) >= 11 is 0. The molecule has 0 aliphatic carbocycles. The molecular formula is C35H58N2O9. The summed E-state index contributed by atoms with van der Waals surface area (Å²) in [5, 5.41) is 41.3. The molecule has 3 rings (SSSR count). The molecule has 0 aromatic carbocycles. The van der Waals surface area contributed by atoms with Gasteiger partial charge in [-0.1, -0.05) is 52.0 Å². The fourth-order valence-corrected chi connectivity index (χ4v) is 6.27. The van der Waals surface area contributed by atoms with Crippen molar-refractivity contribution in [1.29, 1.82) is 0 Å². The van der Waals surface area contributed by atoms with Crippen molar-refractivity contribution in [2.45, 2.75) is 116 Å². The molecule has 0 spiro atoms. The Balaban J connectivity index is 1.70. The van der Waals surface area contributed by atoms with E-state index in [0.717, 1.165) is 12.0 Å². The summed E-state index contributed by atoms with van der Waals surface area (Å²) in [6, 6.07) is 0. The van der Waals surface area contributed by atoms with E-state index in [1.807, 2.05) is 45.9 Å². The SMILES string of the molecule is CCC(O)C(C)C1OC1CC(C)C=CC=C(C)C1OC(=O)CC(O)CCC(C)(O)C(OC(=O)N2CCN(CCO)CC2)C=CC1C. The van der Waals surface area contributed by atoms with Gasteiger partial charge in [-0.15, -0.1) is 0 Å². The average molecular weight is 651 g/mol. The van der Waals surface area contributed by atoms with Gasteiger partial charge in [0.25, 0.3) is 0 Å². The van der Waals surface area contributed by atoms with Crippen LogP contribution >= 0.6 is 0 Å². The maximum absolute atomic E-state index is 13.1. The number of amides is 1. The molecule has 0 aromatic rings. The summed E-state index contributed by atoms with van der Waals surface area (Å²) in [7, 11) is 0. The molecule has 46 heavy (non-hydrogen) atoms. The zero-order chi connectivity index (χ0) is 34.0. The van der Waals surface area contributed by atoms with Crippen LogP contribution in [0.25, 0.3) is 0 Å². The molecule has 0 saturated carbocycles. The van der Waals surface area contributed by atoms with Crippen LogP contribution in [0, 0.1) is 17.8 Å². The quantitative estimate of drug-likeness (QED) is 0.114. The van der Waals surface area contributed by atoms with Crippen LogP contribution in [0.15, 0.2) is 36.0 Å². The van der Waals surface area contributed by atoms with E-state index in [1.165, 1.54) is 0 Å². The maximum atomic E-state index is 13.1. The molecule has 262 valence electrons. The number of cyclic esters (lactones) is 1. The Morgan fingerprint density at radius 2 is 1.91 bits per heavy atom. The third-order valence-corrected chi connectivity index (χ3v) is 9.62. The van der Waals surface area contributed by atoms with E-state index in [2.05, 4.69) is 17.9 Å². The predicted molar refractivity (Wildman–Crippen MR) is 175 cm³/mol. The Morgan fingerprint density at radius 3 is 2.57 bits per heavy atom. The maximum Gasteiger partial charge on any atom is 0.410 e. The molecule has 3 heterocycles. The second kappa shape index (κ2) is 17.8. The first-order chi connectivity index (χ1) is 21.7. The highest BCUT2D eigenvalue weighted by Gasteiger charge is 2.45. The van der Waals surface area contributed by atoms with Gasteiger partial charge in [-0.25, -0.2) is 4.79 Å². The van der Waals surface area contributed by atoms with Gasteiger partial charge in [-0.3, -0.25) is 9.69 Å². The fraction of sp³-hybridized carbons (Fsp3) is 0.771. The van der Waals surface area contributed by atoms with E-state index in [0.29, 0.717) is 39.1 Å². The number of hydrogen-bond acceptors (Lipinski definition) is 10. The first-order valence-corrected chi connectivity index (χ1v) is 17.0. The van der Waals surface area contributed by atoms with Gasteiger partial charge in [-0.2, -0.15) is 0 Å². The van der Waals surface area contributed by atoms with Crippen LogP contribution in [0.5, 0.6) is 0 Å². The van der Waals surface area contributed by atoms with Gasteiger partial charge in [0.15, 0.2) is 6.10 Å². The first kappa shape index (κ1) is 38.2. The zero-order valence-electron chi connectivity index (χ0n) is 28.6. The minimum Gasteiger partial charge on any atom is -0.457 e. The van der Waals surface area contributed by atoms with Crippen molar-refractivity contribution in [3.63, 3.8) is 0 Å². The van der Waals surface area contributed by atoms with Gasteiger partial charge in [0.2, 0.25) is 0 Å². The Kier molecular flexibility index (Phi) is 14.7. The molecule has 11 nitrogen and oxygen atoms in total. The van der Waals surface area contributed by atoms with E-state index < -0.39 is 36.0 Å². The van der Waals surface area contributed by atoms with Gasteiger partial charge in [0.05, 0.1) is 37.4 Å². The number of aliphatic hydroxyl groups excluding tert-OH is 3. The third-order valence-electron chi connectivity index (χ3n) is 9.62. The van der Waals surface area contributed by atoms with Gasteiger partial charge in [0.1, 0.15) is 11.7 Å². The number of carbonyl (C=O) groups excluding carboxylic acids is 2. The number of piperazine rings is 1. The highest BCUT2D eigenvalue weighted by Crippen LogP contribution is 2.36. The number of rotatable bonds is 11. The van der Waals surface area contributed by atoms with Crippen molar-refractivity contribution in [3.8, 4) is 0 Å². The molecule has 4 N–H and O–H groups in total. The summed E-state index contributed by atoms with van der Waals surface area (Å²) in [6.45, 7) is 14.2. The number of esters is 1. The first-order valence-electron chi connectivity index (χ1n) is 17.0. The van der Waals surface area contributed by atoms with Crippen molar-refractivity contribution in [2.75, 3.05) is 39.3 Å². The summed E-state index contributed by atoms with van der Waals surface area (Å²) in [4.78, 5) is 29.6. The number of epoxide rings is 1. The van der Waals surface area contributed by atoms with E-state index in [9.17, 15) is 30.0 Å². The second-order valence-corrected chi connectivity index (χ2v) is 13.7. The van der Waals surface area contributed by atoms with E-state index in [-0.39, 0.29) is 61.9 Å². The van der Waals surface area contributed by atoms with Crippen LogP contribution in [0.3, 0.4) is 0 Å². The van der Waals surface area contributed by atoms with Crippen LogP contribution in [0.2, 0.25) is 0 Å². The Bertz CT molecular complexity index is 1070. The second-order valence-electron chi connectivity index (χ2n) is 13.7. The van der Waals surface area contributed by atoms with Crippen LogP contribution < -0.4 is 0 Å². The molecule has 1 amide bonds. The summed E-state index contributed by atoms with van der Waals surface area (Å²) in [5.41, 5.74) is -0.674. The Morgan fingerprint density at radius 1 is 1.22 bits per heavy atom. The molecular weight excluding hydrogens is 592 g/mol. The number of aliphatic hydroxyl groups is 4. The molecule has 3 aliphatic heterocycles. The van der Waals surface area contributed by atoms with Crippen LogP contribution in [-0.4, -0.2) is 124 Å². The molecule has 2 fully saturated rings. The third kappa shape index (κ3) is 11.5. The largest absolute Gasteiger partial charge is 0.457 e. The predicted octanol–water partition coefficient (Wildman–Crippen LogP) is 3.20. The lowest BCUT2D eigenvalue weighted by Gasteiger charge is -2.37. The summed E-state index contributed by atoms with van der Waals surface area (Å²) in [6.07, 6.45) is 7.71. The number of allylic oxidation sites excluding steroid dienone is 3. The molecule has 11 heteroatoms. The number of β-amino-alcohol motifs (C(OH)–C–C–N with tert-alkyl or cyclic N) is 1. The summed E-state index contributed by atoms with van der Waals surface area (Å²) < 4.78 is 17.6. The number of hydrogen-bond donors (Lipinski definition) is 4. The highest BCUT2D eigenvalue weighted by atomic mass is 16.6. The molecule has 0 radical (unpaired) electrons. The highest BCUT2D eigenvalue weighted by molar-refractivity contribution is 5.70. The average Bonchev–Trinajstić information content (AvgIpc) is 3.78. The smallest absolute Gasteiger partial charge is 0.410 e. The Labute approximate surface area is 274 Å². The van der Waals surface area contributed by atoms with Crippen LogP contribution in [-0.2, 0) is 19.0 Å². The lowest BCUT2D eigenvalue weighted by atomic mass is 9.88. The van der Waals surface area contributed by atoms with Gasteiger partial charge in [-0.05, 0) is 57.1 Å². The van der Waals surface area contributed by atoms with Crippen molar-refractivity contribution in [2.24, 2.45) is 17.8 Å². The van der Waals surface area contributed by atoms with E-state index >= 15 is 0 Å². The zero-order valence-corrected chi connectivity index (χ0v) is 28.6. The van der Waals surface area contributed by atoms with Gasteiger partial charge < -0.3 is 39.5 Å². The van der Waals surface area contributed by atoms with E-state index in [4.69, 9.17) is 14.2 Å². The normalized spacial score (nSPS) is 33.9. The van der Waals surface area contributed by atoms with Crippen molar-refractivity contribution >= 4 is 12.1 Å². The monoisotopic (exact) mass is 650 g/mol. The van der Waals surface area contributed by atoms with Gasteiger partial charge >= 0.3 is 12.1 Å². The summed E-state index contributed by atoms with van der Waals surface area (Å²) in [5.74, 6) is -0.496. The molecule has 3 aliphatic rings. The number of carbonyl (C=O) groups is 2. The minimum absolute atomic E-state index is 0.0614. The van der Waals surface area contributed by atoms with Crippen LogP contribution in [0.4, 0.5) is 4.79 Å².